The lowest BCUT2D eigenvalue weighted by atomic mass is 9.93. The van der Waals surface area contributed by atoms with Gasteiger partial charge in [0.25, 0.3) is 0 Å². The van der Waals surface area contributed by atoms with E-state index in [0.29, 0.717) is 19.8 Å². The molecular formula is C30H30O4. The first-order valence-corrected chi connectivity index (χ1v) is 11.8. The maximum absolute atomic E-state index is 6.32. The predicted octanol–water partition coefficient (Wildman–Crippen LogP) is 7.09. The van der Waals surface area contributed by atoms with Crippen molar-refractivity contribution in [3.8, 4) is 23.0 Å². The Balaban J connectivity index is 1.51. The van der Waals surface area contributed by atoms with Gasteiger partial charge in [-0.05, 0) is 75.2 Å². The van der Waals surface area contributed by atoms with Gasteiger partial charge in [0.05, 0.1) is 12.2 Å². The van der Waals surface area contributed by atoms with E-state index < -0.39 is 0 Å². The van der Waals surface area contributed by atoms with Crippen LogP contribution in [0.5, 0.6) is 23.0 Å². The van der Waals surface area contributed by atoms with Crippen LogP contribution in [0.4, 0.5) is 0 Å². The van der Waals surface area contributed by atoms with E-state index >= 15 is 0 Å². The lowest BCUT2D eigenvalue weighted by Gasteiger charge is -2.31. The van der Waals surface area contributed by atoms with Gasteiger partial charge in [-0.15, -0.1) is 0 Å². The normalized spacial score (nSPS) is 15.4. The van der Waals surface area contributed by atoms with Crippen molar-refractivity contribution in [1.82, 2.24) is 0 Å². The Hall–Kier alpha value is -3.66. The molecule has 2 aliphatic heterocycles. The number of ether oxygens (including phenoxy) is 4. The standard InChI is InChI=1S/C30H30O4/c1-5-31-24-11-12-25(27(17-24)32-18-21-9-7-6-8-10-21)23-16-22-15-20(2)28-26(29(22)33-19-23)13-14-30(3,4)34-28/h6-17H,5,18-19H2,1-4H3. The van der Waals surface area contributed by atoms with Crippen molar-refractivity contribution in [1.29, 1.82) is 0 Å². The van der Waals surface area contributed by atoms with E-state index in [0.717, 1.165) is 56.4 Å². The minimum Gasteiger partial charge on any atom is -0.494 e. The summed E-state index contributed by atoms with van der Waals surface area (Å²) in [6.45, 7) is 9.73. The molecule has 0 aliphatic carbocycles. The molecule has 0 amide bonds. The summed E-state index contributed by atoms with van der Waals surface area (Å²) in [6.07, 6.45) is 6.40. The first-order chi connectivity index (χ1) is 16.4. The minimum absolute atomic E-state index is 0.324. The fraction of sp³-hybridized carbons (Fsp3) is 0.267. The third-order valence-electron chi connectivity index (χ3n) is 6.05. The summed E-state index contributed by atoms with van der Waals surface area (Å²) in [6, 6.07) is 18.3. The second kappa shape index (κ2) is 8.94. The van der Waals surface area contributed by atoms with Gasteiger partial charge in [-0.1, -0.05) is 30.3 Å². The van der Waals surface area contributed by atoms with Crippen molar-refractivity contribution in [2.75, 3.05) is 13.2 Å². The molecule has 4 nitrogen and oxygen atoms in total. The third-order valence-corrected chi connectivity index (χ3v) is 6.05. The zero-order valence-electron chi connectivity index (χ0n) is 20.2. The second-order valence-electron chi connectivity index (χ2n) is 9.22. The molecule has 2 heterocycles. The van der Waals surface area contributed by atoms with E-state index in [1.165, 1.54) is 0 Å². The van der Waals surface area contributed by atoms with Crippen LogP contribution in [0.15, 0.2) is 60.7 Å². The highest BCUT2D eigenvalue weighted by atomic mass is 16.5. The maximum Gasteiger partial charge on any atom is 0.138 e. The molecular weight excluding hydrogens is 424 g/mol. The van der Waals surface area contributed by atoms with Gasteiger partial charge in [0.2, 0.25) is 0 Å². The molecule has 2 aliphatic rings. The smallest absolute Gasteiger partial charge is 0.138 e. The minimum atomic E-state index is -0.324. The Morgan fingerprint density at radius 1 is 0.971 bits per heavy atom. The van der Waals surface area contributed by atoms with Crippen molar-refractivity contribution >= 4 is 17.7 Å². The fourth-order valence-corrected chi connectivity index (χ4v) is 4.39. The van der Waals surface area contributed by atoms with Crippen molar-refractivity contribution in [2.24, 2.45) is 0 Å². The van der Waals surface area contributed by atoms with Crippen LogP contribution in [-0.2, 0) is 6.61 Å². The summed E-state index contributed by atoms with van der Waals surface area (Å²) < 4.78 is 24.6. The molecule has 0 bridgehead atoms. The van der Waals surface area contributed by atoms with Crippen LogP contribution in [0, 0.1) is 6.92 Å². The van der Waals surface area contributed by atoms with E-state index in [9.17, 15) is 0 Å². The van der Waals surface area contributed by atoms with E-state index in [1.807, 2.05) is 37.3 Å². The van der Waals surface area contributed by atoms with Crippen LogP contribution in [0.1, 0.15) is 48.6 Å². The zero-order chi connectivity index (χ0) is 23.7. The molecule has 3 aromatic rings. The molecule has 0 radical (unpaired) electrons. The van der Waals surface area contributed by atoms with Gasteiger partial charge in [0.1, 0.15) is 41.8 Å². The van der Waals surface area contributed by atoms with E-state index in [2.05, 4.69) is 63.3 Å². The molecule has 0 saturated carbocycles. The van der Waals surface area contributed by atoms with Gasteiger partial charge >= 0.3 is 0 Å². The van der Waals surface area contributed by atoms with Gasteiger partial charge < -0.3 is 18.9 Å². The first kappa shape index (κ1) is 22.1. The quantitative estimate of drug-likeness (QED) is 0.398. The van der Waals surface area contributed by atoms with Gasteiger partial charge in [-0.25, -0.2) is 0 Å². The van der Waals surface area contributed by atoms with Crippen LogP contribution >= 0.6 is 0 Å². The molecule has 5 rings (SSSR count). The summed E-state index contributed by atoms with van der Waals surface area (Å²) in [5.74, 6) is 3.35. The highest BCUT2D eigenvalue weighted by Gasteiger charge is 2.28. The van der Waals surface area contributed by atoms with Crippen LogP contribution in [0.25, 0.3) is 17.7 Å². The van der Waals surface area contributed by atoms with E-state index in [1.54, 1.807) is 0 Å². The molecule has 3 aromatic carbocycles. The van der Waals surface area contributed by atoms with E-state index in [4.69, 9.17) is 18.9 Å². The summed E-state index contributed by atoms with van der Waals surface area (Å²) in [4.78, 5) is 0. The number of rotatable bonds is 6. The predicted molar refractivity (Wildman–Crippen MR) is 137 cm³/mol. The van der Waals surface area contributed by atoms with Crippen LogP contribution in [0.3, 0.4) is 0 Å². The molecule has 0 spiro atoms. The van der Waals surface area contributed by atoms with Gasteiger partial charge in [0.15, 0.2) is 0 Å². The topological polar surface area (TPSA) is 36.9 Å². The molecule has 0 unspecified atom stereocenters. The number of hydrogen-bond donors (Lipinski definition) is 0. The number of aryl methyl sites for hydroxylation is 1. The van der Waals surface area contributed by atoms with Gasteiger partial charge in [-0.3, -0.25) is 0 Å². The van der Waals surface area contributed by atoms with Crippen LogP contribution in [0.2, 0.25) is 0 Å². The van der Waals surface area contributed by atoms with Crippen LogP contribution in [-0.4, -0.2) is 18.8 Å². The Morgan fingerprint density at radius 2 is 1.79 bits per heavy atom. The number of hydrogen-bond acceptors (Lipinski definition) is 4. The number of benzene rings is 3. The molecule has 0 saturated heterocycles. The third kappa shape index (κ3) is 4.41. The summed E-state index contributed by atoms with van der Waals surface area (Å²) in [5.41, 5.74) is 6.03. The second-order valence-corrected chi connectivity index (χ2v) is 9.22. The Kier molecular flexibility index (Phi) is 5.82. The van der Waals surface area contributed by atoms with Gasteiger partial charge in [0, 0.05) is 22.8 Å². The highest BCUT2D eigenvalue weighted by Crippen LogP contribution is 2.45. The summed E-state index contributed by atoms with van der Waals surface area (Å²) in [5, 5.41) is 0. The van der Waals surface area contributed by atoms with Gasteiger partial charge in [-0.2, -0.15) is 0 Å². The summed E-state index contributed by atoms with van der Waals surface area (Å²) >= 11 is 0. The average Bonchev–Trinajstić information content (AvgIpc) is 2.83. The first-order valence-electron chi connectivity index (χ1n) is 11.8. The van der Waals surface area contributed by atoms with Crippen molar-refractivity contribution in [2.45, 2.75) is 39.9 Å². The monoisotopic (exact) mass is 454 g/mol. The molecule has 4 heteroatoms. The fourth-order valence-electron chi connectivity index (χ4n) is 4.39. The van der Waals surface area contributed by atoms with Crippen molar-refractivity contribution < 1.29 is 18.9 Å². The molecule has 0 fully saturated rings. The Morgan fingerprint density at radius 3 is 2.59 bits per heavy atom. The molecule has 0 aromatic heterocycles. The highest BCUT2D eigenvalue weighted by molar-refractivity contribution is 5.90. The lowest BCUT2D eigenvalue weighted by molar-refractivity contribution is 0.157. The average molecular weight is 455 g/mol. The molecule has 174 valence electrons. The maximum atomic E-state index is 6.32. The molecule has 0 N–H and O–H groups in total. The van der Waals surface area contributed by atoms with Crippen molar-refractivity contribution in [3.05, 3.63) is 88.5 Å². The Labute approximate surface area is 201 Å². The van der Waals surface area contributed by atoms with Crippen LogP contribution < -0.4 is 18.9 Å². The van der Waals surface area contributed by atoms with E-state index in [-0.39, 0.29) is 5.60 Å². The summed E-state index contributed by atoms with van der Waals surface area (Å²) in [7, 11) is 0. The molecule has 34 heavy (non-hydrogen) atoms. The van der Waals surface area contributed by atoms with Crippen molar-refractivity contribution in [3.63, 3.8) is 0 Å². The Bertz CT molecular complexity index is 1270. The zero-order valence-corrected chi connectivity index (χ0v) is 20.2. The number of fused-ring (bicyclic) bond motifs is 3. The lowest BCUT2D eigenvalue weighted by Crippen LogP contribution is -2.28. The largest absolute Gasteiger partial charge is 0.494 e. The SMILES string of the molecule is CCOc1ccc(C2=Cc3cc(C)c4c(c3OC2)C=CC(C)(C)O4)c(OCc2ccccc2)c1. The molecule has 0 atom stereocenters.